The molecule has 0 unspecified atom stereocenters. The molecule has 2 heteroatoms. The largest absolute Gasteiger partial charge is 5.00 e. The summed E-state index contributed by atoms with van der Waals surface area (Å²) in [5.41, 5.74) is 0. The molecule has 0 spiro atoms. The van der Waals surface area contributed by atoms with Gasteiger partial charge in [0.1, 0.15) is 0 Å². The van der Waals surface area contributed by atoms with Crippen LogP contribution in [0.25, 0.3) is 0 Å². The van der Waals surface area contributed by atoms with Crippen LogP contribution < -0.4 is 0 Å². The third kappa shape index (κ3) is 9.34. The van der Waals surface area contributed by atoms with Gasteiger partial charge >= 0.3 is 9.90 Å². The van der Waals surface area contributed by atoms with Crippen molar-refractivity contribution >= 4 is 9.90 Å². The molecule has 0 saturated carbocycles. The minimum atomic E-state index is 0. The molecule has 104 valence electrons. The third-order valence-electron chi connectivity index (χ3n) is 3.94. The molecule has 0 fully saturated rings. The summed E-state index contributed by atoms with van der Waals surface area (Å²) in [5, 5.41) is 0. The summed E-state index contributed by atoms with van der Waals surface area (Å²) in [4.78, 5) is 0. The zero-order valence-corrected chi connectivity index (χ0v) is 14.3. The number of quaternary nitrogens is 1. The maximum absolute atomic E-state index is 2.33. The standard InChI is InChI=1S/C16H36N.P/c1-5-9-13-17(14-10-6-2,15-11-7-3)16-12-8-4;/h5-16H2,1-4H3;/q+1;+5. The second-order valence-electron chi connectivity index (χ2n) is 5.65. The Hall–Kier alpha value is 0.390. The van der Waals surface area contributed by atoms with E-state index in [9.17, 15) is 0 Å². The van der Waals surface area contributed by atoms with Crippen molar-refractivity contribution in [3.63, 3.8) is 0 Å². The smallest absolute Gasteiger partial charge is 0.324 e. The van der Waals surface area contributed by atoms with Crippen molar-refractivity contribution < 1.29 is 4.48 Å². The summed E-state index contributed by atoms with van der Waals surface area (Å²) in [7, 11) is 0. The molecule has 18 heavy (non-hydrogen) atoms. The number of hydrogen-bond donors (Lipinski definition) is 0. The average Bonchev–Trinajstić information content (AvgIpc) is 2.37. The maximum Gasteiger partial charge on any atom is 5.00 e. The molecule has 0 aliphatic heterocycles. The van der Waals surface area contributed by atoms with Crippen molar-refractivity contribution in [3.8, 4) is 0 Å². The zero-order chi connectivity index (χ0) is 13.0. The van der Waals surface area contributed by atoms with Crippen LogP contribution in [-0.2, 0) is 0 Å². The zero-order valence-electron chi connectivity index (χ0n) is 13.4. The summed E-state index contributed by atoms with van der Waals surface area (Å²) < 4.78 is 1.42. The van der Waals surface area contributed by atoms with Crippen LogP contribution in [0.3, 0.4) is 0 Å². The molecule has 0 aromatic heterocycles. The first kappa shape index (κ1) is 20.7. The van der Waals surface area contributed by atoms with Gasteiger partial charge in [0.15, 0.2) is 0 Å². The number of rotatable bonds is 12. The van der Waals surface area contributed by atoms with Gasteiger partial charge in [0, 0.05) is 0 Å². The van der Waals surface area contributed by atoms with Crippen LogP contribution in [0, 0.1) is 0 Å². The van der Waals surface area contributed by atoms with Crippen LogP contribution in [0.1, 0.15) is 79.1 Å². The van der Waals surface area contributed by atoms with Crippen LogP contribution in [0.2, 0.25) is 0 Å². The summed E-state index contributed by atoms with van der Waals surface area (Å²) in [5.74, 6) is 0. The normalized spacial score (nSPS) is 11.3. The van der Waals surface area contributed by atoms with Crippen LogP contribution in [-0.4, -0.2) is 30.7 Å². The van der Waals surface area contributed by atoms with Gasteiger partial charge in [0.25, 0.3) is 0 Å². The molecular weight excluding hydrogens is 237 g/mol. The Bertz CT molecular complexity index is 122. The predicted octanol–water partition coefficient (Wildman–Crippen LogP) is 5.86. The Morgan fingerprint density at radius 2 is 0.722 bits per heavy atom. The van der Waals surface area contributed by atoms with Gasteiger partial charge in [-0.1, -0.05) is 53.4 Å². The first-order valence-electron chi connectivity index (χ1n) is 8.09. The topological polar surface area (TPSA) is 0 Å². The minimum absolute atomic E-state index is 0. The number of nitrogens with zero attached hydrogens (tertiary/aromatic N) is 1. The minimum Gasteiger partial charge on any atom is -0.324 e. The Balaban J connectivity index is 0. The van der Waals surface area contributed by atoms with E-state index < -0.39 is 0 Å². The van der Waals surface area contributed by atoms with E-state index in [-0.39, 0.29) is 9.90 Å². The van der Waals surface area contributed by atoms with Gasteiger partial charge in [-0.25, -0.2) is 0 Å². The van der Waals surface area contributed by atoms with Crippen LogP contribution in [0.5, 0.6) is 0 Å². The second kappa shape index (κ2) is 13.8. The van der Waals surface area contributed by atoms with Crippen molar-refractivity contribution in [1.82, 2.24) is 0 Å². The van der Waals surface area contributed by atoms with E-state index in [1.54, 1.807) is 0 Å². The van der Waals surface area contributed by atoms with Crippen molar-refractivity contribution in [3.05, 3.63) is 0 Å². The summed E-state index contributed by atoms with van der Waals surface area (Å²) in [6, 6.07) is 0. The van der Waals surface area contributed by atoms with E-state index in [0.29, 0.717) is 0 Å². The van der Waals surface area contributed by atoms with Gasteiger partial charge in [-0.05, 0) is 25.7 Å². The molecule has 0 aliphatic carbocycles. The van der Waals surface area contributed by atoms with E-state index in [1.807, 2.05) is 0 Å². The van der Waals surface area contributed by atoms with E-state index >= 15 is 0 Å². The molecule has 0 aliphatic rings. The molecule has 0 radical (unpaired) electrons. The predicted molar refractivity (Wildman–Crippen MR) is 86.3 cm³/mol. The molecule has 0 atom stereocenters. The van der Waals surface area contributed by atoms with E-state index in [0.717, 1.165) is 0 Å². The average molecular weight is 273 g/mol. The summed E-state index contributed by atoms with van der Waals surface area (Å²) >= 11 is 0. The summed E-state index contributed by atoms with van der Waals surface area (Å²) in [6.45, 7) is 15.0. The Labute approximate surface area is 120 Å². The Kier molecular flexibility index (Phi) is 15.9. The van der Waals surface area contributed by atoms with E-state index in [1.165, 1.54) is 82.0 Å². The van der Waals surface area contributed by atoms with Crippen molar-refractivity contribution in [2.45, 2.75) is 79.1 Å². The molecule has 0 aromatic rings. The van der Waals surface area contributed by atoms with Gasteiger partial charge in [0.2, 0.25) is 0 Å². The fourth-order valence-corrected chi connectivity index (χ4v) is 2.64. The molecule has 0 saturated heterocycles. The molecular formula is C16H36NP+6. The Morgan fingerprint density at radius 1 is 0.500 bits per heavy atom. The Morgan fingerprint density at radius 3 is 0.889 bits per heavy atom. The van der Waals surface area contributed by atoms with Crippen molar-refractivity contribution in [1.29, 1.82) is 0 Å². The molecule has 0 aromatic carbocycles. The van der Waals surface area contributed by atoms with Gasteiger partial charge in [0.05, 0.1) is 26.2 Å². The SMILES string of the molecule is CCCC[N+](CCCC)(CCCC)CCCC.[P+5]. The van der Waals surface area contributed by atoms with E-state index in [4.69, 9.17) is 0 Å². The second-order valence-corrected chi connectivity index (χ2v) is 5.65. The number of unbranched alkanes of at least 4 members (excludes halogenated alkanes) is 4. The molecule has 0 N–H and O–H groups in total. The monoisotopic (exact) mass is 273 g/mol. The van der Waals surface area contributed by atoms with Gasteiger partial charge in [-0.2, -0.15) is 0 Å². The third-order valence-corrected chi connectivity index (χ3v) is 3.94. The van der Waals surface area contributed by atoms with Gasteiger partial charge in [-0.15, -0.1) is 0 Å². The van der Waals surface area contributed by atoms with Crippen LogP contribution in [0.4, 0.5) is 0 Å². The molecule has 0 amide bonds. The van der Waals surface area contributed by atoms with Crippen molar-refractivity contribution in [2.75, 3.05) is 26.2 Å². The van der Waals surface area contributed by atoms with Gasteiger partial charge in [-0.3, -0.25) is 0 Å². The fraction of sp³-hybridized carbons (Fsp3) is 1.00. The molecule has 0 heterocycles. The molecule has 0 rings (SSSR count). The van der Waals surface area contributed by atoms with Crippen LogP contribution in [0.15, 0.2) is 0 Å². The number of hydrogen-bond acceptors (Lipinski definition) is 0. The molecule has 1 nitrogen and oxygen atoms in total. The molecule has 0 bridgehead atoms. The van der Waals surface area contributed by atoms with Gasteiger partial charge < -0.3 is 4.48 Å². The fourth-order valence-electron chi connectivity index (χ4n) is 2.64. The summed E-state index contributed by atoms with van der Waals surface area (Å²) in [6.07, 6.45) is 11.1. The maximum atomic E-state index is 2.33. The first-order valence-corrected chi connectivity index (χ1v) is 8.09. The van der Waals surface area contributed by atoms with E-state index in [2.05, 4.69) is 27.7 Å². The first-order chi connectivity index (χ1) is 8.24. The van der Waals surface area contributed by atoms with Crippen LogP contribution >= 0.6 is 9.90 Å². The van der Waals surface area contributed by atoms with Crippen molar-refractivity contribution in [2.24, 2.45) is 0 Å². The quantitative estimate of drug-likeness (QED) is 0.308.